The van der Waals surface area contributed by atoms with Crippen LogP contribution in [0, 0.1) is 6.92 Å². The zero-order valence-electron chi connectivity index (χ0n) is 23.2. The van der Waals surface area contributed by atoms with Crippen LogP contribution in [-0.4, -0.2) is 56.1 Å². The molecule has 1 aromatic heterocycles. The van der Waals surface area contributed by atoms with Gasteiger partial charge < -0.3 is 24.2 Å². The van der Waals surface area contributed by atoms with Gasteiger partial charge in [-0.15, -0.1) is 0 Å². The third-order valence-electron chi connectivity index (χ3n) is 7.69. The molecular weight excluding hydrogens is 494 g/mol. The Labute approximate surface area is 228 Å². The molecule has 1 N–H and O–H groups in total. The quantitative estimate of drug-likeness (QED) is 0.504. The Morgan fingerprint density at radius 1 is 0.846 bits per heavy atom. The number of hydrogen-bond acceptors (Lipinski definition) is 4. The number of benzene rings is 2. The second-order valence-electron chi connectivity index (χ2n) is 11.5. The normalized spacial score (nSPS) is 15.0. The van der Waals surface area contributed by atoms with Gasteiger partial charge in [0, 0.05) is 55.7 Å². The van der Waals surface area contributed by atoms with Crippen LogP contribution >= 0.6 is 0 Å². The molecule has 0 bridgehead atoms. The number of aromatic nitrogens is 1. The summed E-state index contributed by atoms with van der Waals surface area (Å²) < 4.78 is 7.43. The van der Waals surface area contributed by atoms with Crippen LogP contribution in [0.5, 0.6) is 0 Å². The molecule has 0 fully saturated rings. The summed E-state index contributed by atoms with van der Waals surface area (Å²) in [5.74, 6) is -1.10. The van der Waals surface area contributed by atoms with Gasteiger partial charge in [-0.1, -0.05) is 24.3 Å². The van der Waals surface area contributed by atoms with Gasteiger partial charge >= 0.3 is 12.1 Å². The minimum absolute atomic E-state index is 0.104. The Morgan fingerprint density at radius 3 is 2.15 bits per heavy atom. The Bertz CT molecular complexity index is 1480. The van der Waals surface area contributed by atoms with E-state index in [-0.39, 0.29) is 17.6 Å². The van der Waals surface area contributed by atoms with Crippen molar-refractivity contribution in [1.29, 1.82) is 0 Å². The number of ether oxygens (including phenoxy) is 1. The van der Waals surface area contributed by atoms with Crippen LogP contribution in [0.1, 0.15) is 69.4 Å². The van der Waals surface area contributed by atoms with Gasteiger partial charge in [-0.3, -0.25) is 4.79 Å². The summed E-state index contributed by atoms with van der Waals surface area (Å²) in [5, 5.41) is 9.74. The minimum Gasteiger partial charge on any atom is -0.478 e. The van der Waals surface area contributed by atoms with Crippen LogP contribution in [-0.2, 0) is 37.7 Å². The smallest absolute Gasteiger partial charge is 0.410 e. The van der Waals surface area contributed by atoms with Gasteiger partial charge in [0.15, 0.2) is 0 Å². The van der Waals surface area contributed by atoms with E-state index in [1.165, 1.54) is 5.56 Å². The maximum Gasteiger partial charge on any atom is 0.410 e. The number of carboxylic acids is 1. The highest BCUT2D eigenvalue weighted by atomic mass is 16.6. The molecule has 0 saturated heterocycles. The average molecular weight is 530 g/mol. The Kier molecular flexibility index (Phi) is 6.74. The summed E-state index contributed by atoms with van der Waals surface area (Å²) in [6.45, 7) is 9.27. The lowest BCUT2D eigenvalue weighted by molar-refractivity contribution is 0.0223. The summed E-state index contributed by atoms with van der Waals surface area (Å²) >= 11 is 0. The number of nitrogens with zero attached hydrogens (tertiary/aromatic N) is 3. The van der Waals surface area contributed by atoms with E-state index in [2.05, 4.69) is 12.1 Å². The van der Waals surface area contributed by atoms with Gasteiger partial charge in [0.05, 0.1) is 5.56 Å². The summed E-state index contributed by atoms with van der Waals surface area (Å²) in [5.41, 5.74) is 6.48. The summed E-state index contributed by atoms with van der Waals surface area (Å²) in [6.07, 6.45) is 1.02. The van der Waals surface area contributed by atoms with Crippen molar-refractivity contribution >= 4 is 18.0 Å². The number of fused-ring (bicyclic) bond motifs is 2. The van der Waals surface area contributed by atoms with E-state index in [4.69, 9.17) is 4.74 Å². The fourth-order valence-corrected chi connectivity index (χ4v) is 5.49. The molecule has 8 nitrogen and oxygen atoms in total. The molecule has 5 rings (SSSR count). The fraction of sp³-hybridized carbons (Fsp3) is 0.387. The maximum atomic E-state index is 14.1. The lowest BCUT2D eigenvalue weighted by atomic mass is 9.91. The minimum atomic E-state index is -0.999. The van der Waals surface area contributed by atoms with Crippen molar-refractivity contribution in [3.63, 3.8) is 0 Å². The molecule has 204 valence electrons. The summed E-state index contributed by atoms with van der Waals surface area (Å²) in [4.78, 5) is 42.4. The zero-order chi connectivity index (χ0) is 28.1. The largest absolute Gasteiger partial charge is 0.478 e. The van der Waals surface area contributed by atoms with Gasteiger partial charge in [0.25, 0.3) is 5.91 Å². The van der Waals surface area contributed by atoms with E-state index in [1.807, 2.05) is 61.6 Å². The third-order valence-corrected chi connectivity index (χ3v) is 7.69. The maximum absolute atomic E-state index is 14.1. The van der Waals surface area contributed by atoms with E-state index in [1.54, 1.807) is 17.9 Å². The summed E-state index contributed by atoms with van der Waals surface area (Å²) in [6, 6.07) is 13.7. The molecule has 3 heterocycles. The Balaban J connectivity index is 1.57. The van der Waals surface area contributed by atoms with Gasteiger partial charge in [0.1, 0.15) is 5.60 Å². The van der Waals surface area contributed by atoms with Crippen molar-refractivity contribution in [1.82, 2.24) is 14.4 Å². The first-order valence-corrected chi connectivity index (χ1v) is 13.3. The molecule has 0 radical (unpaired) electrons. The van der Waals surface area contributed by atoms with E-state index in [0.29, 0.717) is 55.1 Å². The first-order chi connectivity index (χ1) is 18.4. The van der Waals surface area contributed by atoms with Crippen LogP contribution in [0.25, 0.3) is 11.3 Å². The standard InChI is InChI=1S/C31H35N3O5/c1-19-24(29(36)37)16-27(32(19)5)25-14-21-11-13-34(30(38)39-31(2,3)4)18-23(21)15-26(25)28(35)33-12-10-20-8-6-7-9-22(20)17-33/h6-9,14-16H,10-13,17-18H2,1-5H3,(H,36,37). The number of carbonyl (C=O) groups is 3. The van der Waals surface area contributed by atoms with Crippen molar-refractivity contribution in [3.8, 4) is 11.3 Å². The van der Waals surface area contributed by atoms with Crippen molar-refractivity contribution in [2.24, 2.45) is 7.05 Å². The van der Waals surface area contributed by atoms with Crippen LogP contribution in [0.3, 0.4) is 0 Å². The second kappa shape index (κ2) is 9.91. The predicted octanol–water partition coefficient (Wildman–Crippen LogP) is 5.19. The molecule has 2 aromatic carbocycles. The number of amides is 2. The zero-order valence-corrected chi connectivity index (χ0v) is 23.2. The van der Waals surface area contributed by atoms with E-state index in [9.17, 15) is 19.5 Å². The van der Waals surface area contributed by atoms with Gasteiger partial charge in [-0.25, -0.2) is 9.59 Å². The molecule has 0 atom stereocenters. The molecule has 0 spiro atoms. The van der Waals surface area contributed by atoms with Gasteiger partial charge in [-0.05, 0) is 81.0 Å². The van der Waals surface area contributed by atoms with Crippen LogP contribution < -0.4 is 0 Å². The number of aromatic carboxylic acids is 1. The number of rotatable bonds is 3. The van der Waals surface area contributed by atoms with Gasteiger partial charge in [0.2, 0.25) is 0 Å². The molecule has 0 unspecified atom stereocenters. The van der Waals surface area contributed by atoms with Crippen molar-refractivity contribution < 1.29 is 24.2 Å². The predicted molar refractivity (Wildman–Crippen MR) is 148 cm³/mol. The lowest BCUT2D eigenvalue weighted by Crippen LogP contribution is -2.40. The molecule has 3 aromatic rings. The SMILES string of the molecule is Cc1c(C(=O)O)cc(-c2cc3c(cc2C(=O)N2CCc4ccccc4C2)CN(C(=O)OC(C)(C)C)CC3)n1C. The Hall–Kier alpha value is -4.07. The average Bonchev–Trinajstić information content (AvgIpc) is 3.20. The van der Waals surface area contributed by atoms with E-state index in [0.717, 1.165) is 23.1 Å². The molecule has 0 saturated carbocycles. The van der Waals surface area contributed by atoms with Crippen LogP contribution in [0.15, 0.2) is 42.5 Å². The van der Waals surface area contributed by atoms with Crippen molar-refractivity contribution in [3.05, 3.63) is 81.5 Å². The molecule has 2 aliphatic rings. The second-order valence-corrected chi connectivity index (χ2v) is 11.5. The van der Waals surface area contributed by atoms with E-state index >= 15 is 0 Å². The molecule has 39 heavy (non-hydrogen) atoms. The summed E-state index contributed by atoms with van der Waals surface area (Å²) in [7, 11) is 1.83. The highest BCUT2D eigenvalue weighted by molar-refractivity contribution is 6.02. The lowest BCUT2D eigenvalue weighted by Gasteiger charge is -2.33. The number of carboxylic acid groups (broad SMARTS) is 1. The monoisotopic (exact) mass is 529 g/mol. The first kappa shape index (κ1) is 26.5. The van der Waals surface area contributed by atoms with Crippen LogP contribution in [0.4, 0.5) is 4.79 Å². The van der Waals surface area contributed by atoms with Gasteiger partial charge in [-0.2, -0.15) is 0 Å². The highest BCUT2D eigenvalue weighted by Crippen LogP contribution is 2.34. The molecule has 8 heteroatoms. The fourth-order valence-electron chi connectivity index (χ4n) is 5.49. The highest BCUT2D eigenvalue weighted by Gasteiger charge is 2.30. The Morgan fingerprint density at radius 2 is 1.49 bits per heavy atom. The number of hydrogen-bond donors (Lipinski definition) is 1. The van der Waals surface area contributed by atoms with E-state index < -0.39 is 11.6 Å². The molecular formula is C31H35N3O5. The van der Waals surface area contributed by atoms with Crippen molar-refractivity contribution in [2.45, 2.75) is 59.2 Å². The third kappa shape index (κ3) is 5.15. The topological polar surface area (TPSA) is 92.1 Å². The molecule has 2 aliphatic heterocycles. The number of carbonyl (C=O) groups excluding carboxylic acids is 2. The molecule has 2 amide bonds. The van der Waals surface area contributed by atoms with Crippen molar-refractivity contribution in [2.75, 3.05) is 13.1 Å². The first-order valence-electron chi connectivity index (χ1n) is 13.3. The van der Waals surface area contributed by atoms with Crippen LogP contribution in [0.2, 0.25) is 0 Å². The molecule has 0 aliphatic carbocycles.